The van der Waals surface area contributed by atoms with Crippen molar-refractivity contribution in [3.8, 4) is 11.3 Å². The van der Waals surface area contributed by atoms with Gasteiger partial charge in [-0.3, -0.25) is 4.98 Å². The standard InChI is InChI=1S/C10H7NO3/c12-10(13)9-2-1-8(14-9)7-3-5-11-6-4-7/h1-6H,(H,12,13). The maximum absolute atomic E-state index is 10.5. The first-order valence-corrected chi connectivity index (χ1v) is 4.01. The minimum absolute atomic E-state index is 0.0585. The fraction of sp³-hybridized carbons (Fsp3) is 0. The zero-order valence-electron chi connectivity index (χ0n) is 7.18. The van der Waals surface area contributed by atoms with Gasteiger partial charge in [-0.1, -0.05) is 0 Å². The molecule has 4 heteroatoms. The number of aromatic carboxylic acids is 1. The fourth-order valence-electron chi connectivity index (χ4n) is 1.12. The lowest BCUT2D eigenvalue weighted by Gasteiger charge is -1.93. The van der Waals surface area contributed by atoms with Crippen molar-refractivity contribution in [3.63, 3.8) is 0 Å². The lowest BCUT2D eigenvalue weighted by Crippen LogP contribution is -1.91. The van der Waals surface area contributed by atoms with Crippen LogP contribution in [0.3, 0.4) is 0 Å². The lowest BCUT2D eigenvalue weighted by atomic mass is 10.2. The monoisotopic (exact) mass is 189 g/mol. The maximum Gasteiger partial charge on any atom is 0.371 e. The molecule has 0 atom stereocenters. The molecule has 0 spiro atoms. The van der Waals surface area contributed by atoms with E-state index in [1.807, 2.05) is 0 Å². The van der Waals surface area contributed by atoms with E-state index < -0.39 is 5.97 Å². The first kappa shape index (κ1) is 8.50. The van der Waals surface area contributed by atoms with Crippen LogP contribution in [-0.2, 0) is 0 Å². The average Bonchev–Trinajstić information content (AvgIpc) is 2.68. The first-order valence-electron chi connectivity index (χ1n) is 4.01. The van der Waals surface area contributed by atoms with Crippen LogP contribution in [0.1, 0.15) is 10.6 Å². The molecule has 14 heavy (non-hydrogen) atoms. The number of carboxylic acid groups (broad SMARTS) is 1. The normalized spacial score (nSPS) is 10.0. The van der Waals surface area contributed by atoms with E-state index in [1.165, 1.54) is 6.07 Å². The van der Waals surface area contributed by atoms with Crippen molar-refractivity contribution in [2.24, 2.45) is 0 Å². The number of nitrogens with zero attached hydrogens (tertiary/aromatic N) is 1. The Morgan fingerprint density at radius 2 is 1.93 bits per heavy atom. The summed E-state index contributed by atoms with van der Waals surface area (Å²) in [6.07, 6.45) is 3.25. The molecule has 0 aliphatic rings. The number of pyridine rings is 1. The molecule has 4 nitrogen and oxygen atoms in total. The maximum atomic E-state index is 10.5. The largest absolute Gasteiger partial charge is 0.475 e. The topological polar surface area (TPSA) is 63.3 Å². The summed E-state index contributed by atoms with van der Waals surface area (Å²) < 4.78 is 5.10. The van der Waals surface area contributed by atoms with Gasteiger partial charge >= 0.3 is 5.97 Å². The van der Waals surface area contributed by atoms with E-state index in [0.29, 0.717) is 5.76 Å². The van der Waals surface area contributed by atoms with E-state index in [4.69, 9.17) is 9.52 Å². The van der Waals surface area contributed by atoms with Crippen LogP contribution in [0.5, 0.6) is 0 Å². The number of hydrogen-bond acceptors (Lipinski definition) is 3. The molecule has 0 radical (unpaired) electrons. The quantitative estimate of drug-likeness (QED) is 0.785. The molecule has 0 amide bonds. The molecule has 2 aromatic rings. The van der Waals surface area contributed by atoms with E-state index >= 15 is 0 Å². The molecule has 0 fully saturated rings. The SMILES string of the molecule is O=C(O)c1ccc(-c2ccncc2)o1. The van der Waals surface area contributed by atoms with E-state index in [2.05, 4.69) is 4.98 Å². The van der Waals surface area contributed by atoms with Crippen LogP contribution in [0.2, 0.25) is 0 Å². The van der Waals surface area contributed by atoms with Gasteiger partial charge in [0.15, 0.2) is 0 Å². The van der Waals surface area contributed by atoms with Crippen LogP contribution in [0.25, 0.3) is 11.3 Å². The van der Waals surface area contributed by atoms with Gasteiger partial charge in [0, 0.05) is 18.0 Å². The third-order valence-electron chi connectivity index (χ3n) is 1.78. The zero-order valence-corrected chi connectivity index (χ0v) is 7.18. The minimum Gasteiger partial charge on any atom is -0.475 e. The summed E-state index contributed by atoms with van der Waals surface area (Å²) in [5.74, 6) is -0.591. The van der Waals surface area contributed by atoms with Gasteiger partial charge in [-0.15, -0.1) is 0 Å². The molecular weight excluding hydrogens is 182 g/mol. The van der Waals surface area contributed by atoms with Crippen molar-refractivity contribution in [1.29, 1.82) is 0 Å². The van der Waals surface area contributed by atoms with Crippen LogP contribution in [-0.4, -0.2) is 16.1 Å². The Bertz CT molecular complexity index is 447. The van der Waals surface area contributed by atoms with Crippen molar-refractivity contribution in [3.05, 3.63) is 42.4 Å². The number of rotatable bonds is 2. The molecule has 2 aromatic heterocycles. The van der Waals surface area contributed by atoms with Crippen molar-refractivity contribution in [2.45, 2.75) is 0 Å². The predicted molar refractivity (Wildman–Crippen MR) is 48.9 cm³/mol. The molecular formula is C10H7NO3. The molecule has 0 bridgehead atoms. The number of furan rings is 1. The van der Waals surface area contributed by atoms with Crippen molar-refractivity contribution < 1.29 is 14.3 Å². The van der Waals surface area contributed by atoms with Gasteiger partial charge in [-0.2, -0.15) is 0 Å². The van der Waals surface area contributed by atoms with E-state index in [9.17, 15) is 4.79 Å². The highest BCUT2D eigenvalue weighted by molar-refractivity contribution is 5.85. The van der Waals surface area contributed by atoms with Crippen molar-refractivity contribution >= 4 is 5.97 Å². The van der Waals surface area contributed by atoms with Crippen molar-refractivity contribution in [2.75, 3.05) is 0 Å². The Balaban J connectivity index is 2.39. The number of carboxylic acids is 1. The second kappa shape index (κ2) is 3.33. The van der Waals surface area contributed by atoms with Gasteiger partial charge in [-0.05, 0) is 24.3 Å². The van der Waals surface area contributed by atoms with Crippen molar-refractivity contribution in [1.82, 2.24) is 4.98 Å². The van der Waals surface area contributed by atoms with Crippen LogP contribution >= 0.6 is 0 Å². The fourth-order valence-corrected chi connectivity index (χ4v) is 1.12. The lowest BCUT2D eigenvalue weighted by molar-refractivity contribution is 0.0663. The molecule has 0 saturated heterocycles. The Kier molecular flexibility index (Phi) is 2.02. The Hall–Kier alpha value is -2.10. The van der Waals surface area contributed by atoms with Gasteiger partial charge in [0.2, 0.25) is 5.76 Å². The zero-order chi connectivity index (χ0) is 9.97. The van der Waals surface area contributed by atoms with Gasteiger partial charge in [0.25, 0.3) is 0 Å². The molecule has 0 aliphatic carbocycles. The highest BCUT2D eigenvalue weighted by Gasteiger charge is 2.09. The Morgan fingerprint density at radius 1 is 1.21 bits per heavy atom. The minimum atomic E-state index is -1.06. The summed E-state index contributed by atoms with van der Waals surface area (Å²) in [7, 11) is 0. The van der Waals surface area contributed by atoms with Gasteiger partial charge in [-0.25, -0.2) is 4.79 Å². The third-order valence-corrected chi connectivity index (χ3v) is 1.78. The first-order chi connectivity index (χ1) is 6.77. The van der Waals surface area contributed by atoms with E-state index in [-0.39, 0.29) is 5.76 Å². The molecule has 0 aromatic carbocycles. The molecule has 70 valence electrons. The third kappa shape index (κ3) is 1.50. The molecule has 1 N–H and O–H groups in total. The van der Waals surface area contributed by atoms with Crippen LogP contribution < -0.4 is 0 Å². The van der Waals surface area contributed by atoms with Crippen LogP contribution in [0.4, 0.5) is 0 Å². The van der Waals surface area contributed by atoms with Gasteiger partial charge < -0.3 is 9.52 Å². The molecule has 0 aliphatic heterocycles. The van der Waals surface area contributed by atoms with E-state index in [1.54, 1.807) is 30.6 Å². The predicted octanol–water partition coefficient (Wildman–Crippen LogP) is 2.04. The summed E-state index contributed by atoms with van der Waals surface area (Å²) in [5, 5.41) is 8.64. The molecule has 0 unspecified atom stereocenters. The van der Waals surface area contributed by atoms with E-state index in [0.717, 1.165) is 5.56 Å². The average molecular weight is 189 g/mol. The molecule has 2 rings (SSSR count). The highest BCUT2D eigenvalue weighted by Crippen LogP contribution is 2.20. The summed E-state index contributed by atoms with van der Waals surface area (Å²) in [4.78, 5) is 14.4. The van der Waals surface area contributed by atoms with Crippen LogP contribution in [0, 0.1) is 0 Å². The summed E-state index contributed by atoms with van der Waals surface area (Å²) >= 11 is 0. The highest BCUT2D eigenvalue weighted by atomic mass is 16.4. The van der Waals surface area contributed by atoms with Gasteiger partial charge in [0.05, 0.1) is 0 Å². The summed E-state index contributed by atoms with van der Waals surface area (Å²) in [6.45, 7) is 0. The smallest absolute Gasteiger partial charge is 0.371 e. The summed E-state index contributed by atoms with van der Waals surface area (Å²) in [6, 6.07) is 6.56. The number of hydrogen-bond donors (Lipinski definition) is 1. The number of aromatic nitrogens is 1. The Morgan fingerprint density at radius 3 is 2.50 bits per heavy atom. The molecule has 0 saturated carbocycles. The second-order valence-electron chi connectivity index (χ2n) is 2.70. The van der Waals surface area contributed by atoms with Crippen LogP contribution in [0.15, 0.2) is 41.1 Å². The second-order valence-corrected chi connectivity index (χ2v) is 2.70. The molecule has 2 heterocycles. The number of carbonyl (C=O) groups is 1. The Labute approximate surface area is 79.8 Å². The summed E-state index contributed by atoms with van der Waals surface area (Å²) in [5.41, 5.74) is 0.813. The van der Waals surface area contributed by atoms with Gasteiger partial charge in [0.1, 0.15) is 5.76 Å².